The van der Waals surface area contributed by atoms with Crippen LogP contribution in [0, 0.1) is 3.57 Å². The average molecular weight is 358 g/mol. The minimum atomic E-state index is 0.852. The molecule has 4 nitrogen and oxygen atoms in total. The molecule has 3 rings (SSSR count). The minimum Gasteiger partial charge on any atom is -0.338 e. The maximum absolute atomic E-state index is 4.41. The third-order valence-electron chi connectivity index (χ3n) is 4.04. The van der Waals surface area contributed by atoms with Crippen molar-refractivity contribution in [1.82, 2.24) is 14.9 Å². The van der Waals surface area contributed by atoms with Gasteiger partial charge in [-0.1, -0.05) is 12.8 Å². The third-order valence-corrected chi connectivity index (χ3v) is 4.60. The zero-order valence-electron chi connectivity index (χ0n) is 10.6. The zero-order chi connectivity index (χ0) is 12.4. The standard InChI is InChI=1S/C13H19IN4/c14-11-9-15-13(16-10-11)18-7-5-17(6-8-18)12-3-1-2-4-12/h9-10,12H,1-8H2. The molecule has 2 heterocycles. The molecule has 0 atom stereocenters. The molecule has 98 valence electrons. The molecule has 18 heavy (non-hydrogen) atoms. The Kier molecular flexibility index (Phi) is 3.98. The Labute approximate surface area is 122 Å². The van der Waals surface area contributed by atoms with Gasteiger partial charge in [0.2, 0.25) is 5.95 Å². The third kappa shape index (κ3) is 2.77. The van der Waals surface area contributed by atoms with Crippen LogP contribution >= 0.6 is 22.6 Å². The summed E-state index contributed by atoms with van der Waals surface area (Å²) in [6.45, 7) is 4.47. The maximum Gasteiger partial charge on any atom is 0.225 e. The van der Waals surface area contributed by atoms with Gasteiger partial charge in [-0.2, -0.15) is 0 Å². The molecule has 0 N–H and O–H groups in total. The average Bonchev–Trinajstić information content (AvgIpc) is 2.94. The highest BCUT2D eigenvalue weighted by atomic mass is 127. The minimum absolute atomic E-state index is 0.852. The van der Waals surface area contributed by atoms with E-state index in [1.165, 1.54) is 38.8 Å². The van der Waals surface area contributed by atoms with Crippen LogP contribution < -0.4 is 4.90 Å². The smallest absolute Gasteiger partial charge is 0.225 e. The van der Waals surface area contributed by atoms with Gasteiger partial charge in [-0.3, -0.25) is 4.90 Å². The molecule has 2 fully saturated rings. The summed E-state index contributed by atoms with van der Waals surface area (Å²) in [5.41, 5.74) is 0. The van der Waals surface area contributed by atoms with Crippen molar-refractivity contribution in [2.75, 3.05) is 31.1 Å². The van der Waals surface area contributed by atoms with Crippen LogP contribution in [-0.2, 0) is 0 Å². The van der Waals surface area contributed by atoms with Crippen LogP contribution in [-0.4, -0.2) is 47.1 Å². The SMILES string of the molecule is Ic1cnc(N2CCN(C3CCCC3)CC2)nc1. The summed E-state index contributed by atoms with van der Waals surface area (Å²) in [7, 11) is 0. The summed E-state index contributed by atoms with van der Waals surface area (Å²) in [6.07, 6.45) is 9.44. The van der Waals surface area contributed by atoms with E-state index in [2.05, 4.69) is 42.4 Å². The lowest BCUT2D eigenvalue weighted by Gasteiger charge is -2.38. The molecule has 0 radical (unpaired) electrons. The first-order chi connectivity index (χ1) is 8.83. The molecule has 1 aromatic heterocycles. The molecule has 2 aliphatic rings. The first-order valence-corrected chi connectivity index (χ1v) is 7.87. The van der Waals surface area contributed by atoms with E-state index in [-0.39, 0.29) is 0 Å². The van der Waals surface area contributed by atoms with E-state index in [4.69, 9.17) is 0 Å². The molecule has 0 unspecified atom stereocenters. The zero-order valence-corrected chi connectivity index (χ0v) is 12.7. The van der Waals surface area contributed by atoms with E-state index in [9.17, 15) is 0 Å². The van der Waals surface area contributed by atoms with Gasteiger partial charge in [0.15, 0.2) is 0 Å². The van der Waals surface area contributed by atoms with Crippen LogP contribution in [0.4, 0.5) is 5.95 Å². The van der Waals surface area contributed by atoms with Crippen LogP contribution in [0.2, 0.25) is 0 Å². The van der Waals surface area contributed by atoms with Gasteiger partial charge in [0.05, 0.1) is 0 Å². The first-order valence-electron chi connectivity index (χ1n) is 6.79. The summed E-state index contributed by atoms with van der Waals surface area (Å²) >= 11 is 2.24. The Morgan fingerprint density at radius 1 is 1.00 bits per heavy atom. The molecule has 1 saturated heterocycles. The van der Waals surface area contributed by atoms with Gasteiger partial charge in [0.1, 0.15) is 0 Å². The van der Waals surface area contributed by atoms with Crippen LogP contribution in [0.25, 0.3) is 0 Å². The van der Waals surface area contributed by atoms with Crippen molar-refractivity contribution in [2.45, 2.75) is 31.7 Å². The van der Waals surface area contributed by atoms with Crippen molar-refractivity contribution in [3.63, 3.8) is 0 Å². The second kappa shape index (κ2) is 5.69. The first kappa shape index (κ1) is 12.6. The van der Waals surface area contributed by atoms with E-state index in [1.807, 2.05) is 12.4 Å². The molecule has 0 bridgehead atoms. The van der Waals surface area contributed by atoms with Gasteiger partial charge < -0.3 is 4.90 Å². The van der Waals surface area contributed by atoms with Crippen LogP contribution in [0.15, 0.2) is 12.4 Å². The summed E-state index contributed by atoms with van der Waals surface area (Å²) in [5, 5.41) is 0. The molecule has 5 heteroatoms. The van der Waals surface area contributed by atoms with Crippen molar-refractivity contribution in [2.24, 2.45) is 0 Å². The predicted molar refractivity (Wildman–Crippen MR) is 80.8 cm³/mol. The summed E-state index contributed by atoms with van der Waals surface area (Å²) in [6, 6.07) is 0.852. The van der Waals surface area contributed by atoms with Gasteiger partial charge in [-0.25, -0.2) is 9.97 Å². The van der Waals surface area contributed by atoms with Crippen molar-refractivity contribution < 1.29 is 0 Å². The van der Waals surface area contributed by atoms with Crippen LogP contribution in [0.1, 0.15) is 25.7 Å². The Morgan fingerprint density at radius 2 is 1.61 bits per heavy atom. The Bertz CT molecular complexity index is 380. The fraction of sp³-hybridized carbons (Fsp3) is 0.692. The number of piperazine rings is 1. The Hall–Kier alpha value is -0.430. The lowest BCUT2D eigenvalue weighted by molar-refractivity contribution is 0.187. The number of hydrogen-bond donors (Lipinski definition) is 0. The van der Waals surface area contributed by atoms with Gasteiger partial charge in [-0.05, 0) is 35.4 Å². The fourth-order valence-electron chi connectivity index (χ4n) is 3.03. The summed E-state index contributed by atoms with van der Waals surface area (Å²) in [4.78, 5) is 13.8. The second-order valence-electron chi connectivity index (χ2n) is 5.16. The molecular weight excluding hydrogens is 339 g/mol. The quantitative estimate of drug-likeness (QED) is 0.759. The van der Waals surface area contributed by atoms with E-state index < -0.39 is 0 Å². The molecular formula is C13H19IN4. The number of hydrogen-bond acceptors (Lipinski definition) is 4. The van der Waals surface area contributed by atoms with Gasteiger partial charge in [-0.15, -0.1) is 0 Å². The molecule has 0 spiro atoms. The second-order valence-corrected chi connectivity index (χ2v) is 6.41. The topological polar surface area (TPSA) is 32.3 Å². The number of aromatic nitrogens is 2. The summed E-state index contributed by atoms with van der Waals surface area (Å²) in [5.74, 6) is 0.890. The van der Waals surface area contributed by atoms with Crippen molar-refractivity contribution >= 4 is 28.5 Å². The lowest BCUT2D eigenvalue weighted by Crippen LogP contribution is -2.50. The Balaban J connectivity index is 1.57. The van der Waals surface area contributed by atoms with E-state index >= 15 is 0 Å². The monoisotopic (exact) mass is 358 g/mol. The van der Waals surface area contributed by atoms with Crippen LogP contribution in [0.3, 0.4) is 0 Å². The predicted octanol–water partition coefficient (Wildman–Crippen LogP) is 2.15. The van der Waals surface area contributed by atoms with E-state index in [0.29, 0.717) is 0 Å². The number of anilines is 1. The summed E-state index contributed by atoms with van der Waals surface area (Å²) < 4.78 is 1.10. The molecule has 1 aliphatic heterocycles. The normalized spacial score (nSPS) is 22.6. The van der Waals surface area contributed by atoms with E-state index in [0.717, 1.165) is 28.6 Å². The molecule has 0 aromatic carbocycles. The number of rotatable bonds is 2. The highest BCUT2D eigenvalue weighted by molar-refractivity contribution is 14.1. The largest absolute Gasteiger partial charge is 0.338 e. The Morgan fingerprint density at radius 3 is 2.22 bits per heavy atom. The highest BCUT2D eigenvalue weighted by Crippen LogP contribution is 2.24. The van der Waals surface area contributed by atoms with Crippen molar-refractivity contribution in [1.29, 1.82) is 0 Å². The van der Waals surface area contributed by atoms with Gasteiger partial charge >= 0.3 is 0 Å². The van der Waals surface area contributed by atoms with E-state index in [1.54, 1.807) is 0 Å². The fourth-order valence-corrected chi connectivity index (χ4v) is 3.30. The lowest BCUT2D eigenvalue weighted by atomic mass is 10.2. The highest BCUT2D eigenvalue weighted by Gasteiger charge is 2.26. The van der Waals surface area contributed by atoms with Gasteiger partial charge in [0.25, 0.3) is 0 Å². The van der Waals surface area contributed by atoms with Crippen LogP contribution in [0.5, 0.6) is 0 Å². The number of nitrogens with zero attached hydrogens (tertiary/aromatic N) is 4. The maximum atomic E-state index is 4.41. The van der Waals surface area contributed by atoms with Crippen molar-refractivity contribution in [3.05, 3.63) is 16.0 Å². The molecule has 0 amide bonds. The molecule has 1 aliphatic carbocycles. The number of halogens is 1. The van der Waals surface area contributed by atoms with Crippen molar-refractivity contribution in [3.8, 4) is 0 Å². The molecule has 1 aromatic rings. The molecule has 1 saturated carbocycles. The van der Waals surface area contributed by atoms with Gasteiger partial charge in [0, 0.05) is 48.2 Å².